The van der Waals surface area contributed by atoms with Crippen LogP contribution in [-0.2, 0) is 4.79 Å². The summed E-state index contributed by atoms with van der Waals surface area (Å²) in [6, 6.07) is 11.4. The van der Waals surface area contributed by atoms with Gasteiger partial charge in [-0.3, -0.25) is 4.79 Å². The monoisotopic (exact) mass is 339 g/mol. The highest BCUT2D eigenvalue weighted by Crippen LogP contribution is 2.47. The summed E-state index contributed by atoms with van der Waals surface area (Å²) in [5, 5.41) is 2.83. The molecule has 5 nitrogen and oxygen atoms in total. The molecule has 1 amide bonds. The predicted molar refractivity (Wildman–Crippen MR) is 93.6 cm³/mol. The molecule has 1 aliphatic carbocycles. The van der Waals surface area contributed by atoms with E-state index in [9.17, 15) is 4.79 Å². The number of amides is 1. The minimum Gasteiger partial charge on any atom is -0.486 e. The molecule has 0 bridgehead atoms. The van der Waals surface area contributed by atoms with E-state index in [4.69, 9.17) is 13.9 Å². The molecule has 5 heteroatoms. The molecule has 1 aromatic heterocycles. The number of ether oxygens (including phenoxy) is 2. The van der Waals surface area contributed by atoms with E-state index in [2.05, 4.69) is 12.2 Å². The maximum absolute atomic E-state index is 12.0. The van der Waals surface area contributed by atoms with Crippen LogP contribution in [0.4, 0.5) is 0 Å². The van der Waals surface area contributed by atoms with Gasteiger partial charge < -0.3 is 19.2 Å². The van der Waals surface area contributed by atoms with Gasteiger partial charge in [0.2, 0.25) is 5.91 Å². The lowest BCUT2D eigenvalue weighted by atomic mass is 10.2. The number of carbonyl (C=O) groups is 1. The zero-order valence-corrected chi connectivity index (χ0v) is 14.1. The Hall–Kier alpha value is -2.69. The van der Waals surface area contributed by atoms with Crippen molar-refractivity contribution in [1.29, 1.82) is 0 Å². The second kappa shape index (κ2) is 6.67. The van der Waals surface area contributed by atoms with Crippen molar-refractivity contribution in [1.82, 2.24) is 5.32 Å². The molecular formula is C20H21NO4. The van der Waals surface area contributed by atoms with Gasteiger partial charge >= 0.3 is 0 Å². The van der Waals surface area contributed by atoms with Crippen molar-refractivity contribution in [2.24, 2.45) is 5.92 Å². The summed E-state index contributed by atoms with van der Waals surface area (Å²) in [5.41, 5.74) is 0. The zero-order valence-electron chi connectivity index (χ0n) is 14.1. The van der Waals surface area contributed by atoms with Gasteiger partial charge in [0, 0.05) is 12.0 Å². The highest BCUT2D eigenvalue weighted by Gasteiger charge is 2.36. The van der Waals surface area contributed by atoms with Crippen LogP contribution in [0.3, 0.4) is 0 Å². The van der Waals surface area contributed by atoms with Crippen LogP contribution in [0.2, 0.25) is 0 Å². The van der Waals surface area contributed by atoms with Crippen LogP contribution in [-0.4, -0.2) is 25.2 Å². The maximum atomic E-state index is 12.0. The molecule has 3 unspecified atom stereocenters. The van der Waals surface area contributed by atoms with Gasteiger partial charge in [0.25, 0.3) is 0 Å². The number of hydrogen-bond acceptors (Lipinski definition) is 4. The molecule has 1 N–H and O–H groups in total. The minimum absolute atomic E-state index is 0.180. The highest BCUT2D eigenvalue weighted by atomic mass is 16.6. The Bertz CT molecular complexity index is 794. The van der Waals surface area contributed by atoms with Crippen molar-refractivity contribution in [3.05, 3.63) is 54.0 Å². The van der Waals surface area contributed by atoms with Gasteiger partial charge in [0.15, 0.2) is 11.5 Å². The van der Waals surface area contributed by atoms with Gasteiger partial charge in [-0.1, -0.05) is 19.1 Å². The topological polar surface area (TPSA) is 60.7 Å². The van der Waals surface area contributed by atoms with E-state index < -0.39 is 0 Å². The second-order valence-corrected chi connectivity index (χ2v) is 6.64. The fourth-order valence-electron chi connectivity index (χ4n) is 2.97. The number of nitrogens with one attached hydrogen (secondary N) is 1. The molecule has 2 heterocycles. The van der Waals surface area contributed by atoms with Crippen molar-refractivity contribution in [3.8, 4) is 11.5 Å². The first-order valence-electron chi connectivity index (χ1n) is 8.63. The van der Waals surface area contributed by atoms with Crippen molar-refractivity contribution >= 4 is 12.0 Å². The molecule has 0 spiro atoms. The van der Waals surface area contributed by atoms with E-state index >= 15 is 0 Å². The summed E-state index contributed by atoms with van der Waals surface area (Å²) in [6.07, 6.45) is 4.17. The van der Waals surface area contributed by atoms with Crippen LogP contribution in [0.5, 0.6) is 11.5 Å². The fourth-order valence-corrected chi connectivity index (χ4v) is 2.97. The first-order chi connectivity index (χ1) is 12.2. The van der Waals surface area contributed by atoms with E-state index in [0.29, 0.717) is 36.5 Å². The number of carbonyl (C=O) groups excluding carboxylic acids is 1. The van der Waals surface area contributed by atoms with Gasteiger partial charge in [-0.2, -0.15) is 0 Å². The summed E-state index contributed by atoms with van der Waals surface area (Å²) in [4.78, 5) is 12.0. The van der Waals surface area contributed by atoms with E-state index in [1.165, 1.54) is 12.5 Å². The molecule has 1 saturated carbocycles. The van der Waals surface area contributed by atoms with Crippen LogP contribution in [0.25, 0.3) is 6.08 Å². The summed E-state index contributed by atoms with van der Waals surface area (Å²) in [5.74, 6) is 4.23. The Balaban J connectivity index is 1.26. The molecule has 4 rings (SSSR count). The maximum Gasteiger partial charge on any atom is 0.244 e. The normalized spacial score (nSPS) is 24.3. The SMILES string of the molecule is CC1CC1c1ccc(C=CC(=O)NCC2COc3ccccc3O2)o1. The molecular weight excluding hydrogens is 318 g/mol. The Labute approximate surface area is 146 Å². The van der Waals surface area contributed by atoms with Crippen LogP contribution in [0.15, 0.2) is 46.9 Å². The van der Waals surface area contributed by atoms with E-state index in [1.54, 1.807) is 6.08 Å². The molecule has 3 atom stereocenters. The van der Waals surface area contributed by atoms with E-state index in [-0.39, 0.29) is 12.0 Å². The summed E-state index contributed by atoms with van der Waals surface area (Å²) < 4.78 is 17.2. The molecule has 1 aliphatic heterocycles. The lowest BCUT2D eigenvalue weighted by Crippen LogP contribution is -2.40. The van der Waals surface area contributed by atoms with Gasteiger partial charge in [-0.15, -0.1) is 0 Å². The third-order valence-corrected chi connectivity index (χ3v) is 4.59. The number of para-hydroxylation sites is 2. The fraction of sp³-hybridized carbons (Fsp3) is 0.350. The Kier molecular flexibility index (Phi) is 4.22. The van der Waals surface area contributed by atoms with Crippen LogP contribution >= 0.6 is 0 Å². The molecule has 2 aromatic rings. The van der Waals surface area contributed by atoms with Gasteiger partial charge in [0.05, 0.1) is 6.54 Å². The number of fused-ring (bicyclic) bond motifs is 1. The van der Waals surface area contributed by atoms with Crippen LogP contribution < -0.4 is 14.8 Å². The lowest BCUT2D eigenvalue weighted by Gasteiger charge is -2.26. The highest BCUT2D eigenvalue weighted by molar-refractivity contribution is 5.91. The Morgan fingerprint density at radius 3 is 2.84 bits per heavy atom. The first-order valence-corrected chi connectivity index (χ1v) is 8.63. The van der Waals surface area contributed by atoms with Gasteiger partial charge in [0.1, 0.15) is 24.2 Å². The molecule has 130 valence electrons. The average molecular weight is 339 g/mol. The van der Waals surface area contributed by atoms with Crippen LogP contribution in [0.1, 0.15) is 30.8 Å². The first kappa shape index (κ1) is 15.8. The number of hydrogen-bond donors (Lipinski definition) is 1. The molecule has 25 heavy (non-hydrogen) atoms. The summed E-state index contributed by atoms with van der Waals surface area (Å²) in [6.45, 7) is 3.02. The van der Waals surface area contributed by atoms with Gasteiger partial charge in [-0.25, -0.2) is 0 Å². The van der Waals surface area contributed by atoms with Crippen molar-refractivity contribution in [3.63, 3.8) is 0 Å². The molecule has 1 fully saturated rings. The summed E-state index contributed by atoms with van der Waals surface area (Å²) in [7, 11) is 0. The van der Waals surface area contributed by atoms with E-state index in [0.717, 1.165) is 11.5 Å². The third kappa shape index (κ3) is 3.71. The lowest BCUT2D eigenvalue weighted by molar-refractivity contribution is -0.116. The largest absolute Gasteiger partial charge is 0.486 e. The minimum atomic E-state index is -0.196. The van der Waals surface area contributed by atoms with Gasteiger partial charge in [-0.05, 0) is 42.7 Å². The number of rotatable bonds is 5. The third-order valence-electron chi connectivity index (χ3n) is 4.59. The molecule has 0 saturated heterocycles. The molecule has 2 aliphatic rings. The Morgan fingerprint density at radius 1 is 1.24 bits per heavy atom. The predicted octanol–water partition coefficient (Wildman–Crippen LogP) is 3.37. The average Bonchev–Trinajstić information content (AvgIpc) is 3.18. The summed E-state index contributed by atoms with van der Waals surface area (Å²) >= 11 is 0. The second-order valence-electron chi connectivity index (χ2n) is 6.64. The quantitative estimate of drug-likeness (QED) is 0.849. The zero-order chi connectivity index (χ0) is 17.2. The molecule has 0 radical (unpaired) electrons. The van der Waals surface area contributed by atoms with Crippen LogP contribution in [0, 0.1) is 5.92 Å². The Morgan fingerprint density at radius 2 is 2.04 bits per heavy atom. The molecule has 1 aromatic carbocycles. The van der Waals surface area contributed by atoms with E-state index in [1.807, 2.05) is 36.4 Å². The smallest absolute Gasteiger partial charge is 0.244 e. The number of furan rings is 1. The van der Waals surface area contributed by atoms with Crippen molar-refractivity contribution in [2.45, 2.75) is 25.4 Å². The number of benzene rings is 1. The van der Waals surface area contributed by atoms with Crippen molar-refractivity contribution < 1.29 is 18.7 Å². The standard InChI is InChI=1S/C20H21NO4/c1-13-10-16(13)17-8-6-14(24-17)7-9-20(22)21-11-15-12-23-18-4-2-3-5-19(18)25-15/h2-9,13,15-16H,10-12H2,1H3,(H,21,22). The van der Waals surface area contributed by atoms with Crippen molar-refractivity contribution in [2.75, 3.05) is 13.2 Å².